The minimum absolute atomic E-state index is 0.0337. The summed E-state index contributed by atoms with van der Waals surface area (Å²) >= 11 is 6.77. The maximum atomic E-state index is 12.2. The number of hydrogen-bond acceptors (Lipinski definition) is 5. The van der Waals surface area contributed by atoms with E-state index < -0.39 is 0 Å². The molecule has 0 atom stereocenters. The van der Waals surface area contributed by atoms with Crippen LogP contribution in [0.5, 0.6) is 5.75 Å². The normalized spacial score (nSPS) is 14.1. The standard InChI is InChI=1S/C20H19Br2N3O4/c21-16-4-2-1-3-15(16)20(27)24-23-12-14-5-6-18(17(22)11-14)29-13-19(26)25-7-9-28-10-8-25/h1-6,11-12H,7-10,13H2,(H,24,27)/b23-12-. The fraction of sp³-hybridized carbons (Fsp3) is 0.250. The number of carbonyl (C=O) groups is 2. The summed E-state index contributed by atoms with van der Waals surface area (Å²) in [4.78, 5) is 26.0. The van der Waals surface area contributed by atoms with Crippen molar-refractivity contribution in [1.82, 2.24) is 10.3 Å². The summed E-state index contributed by atoms with van der Waals surface area (Å²) in [6.07, 6.45) is 1.53. The van der Waals surface area contributed by atoms with Crippen LogP contribution in [0.25, 0.3) is 0 Å². The second-order valence-electron chi connectivity index (χ2n) is 6.15. The molecule has 3 rings (SSSR count). The Morgan fingerprint density at radius 1 is 1.14 bits per heavy atom. The second kappa shape index (κ2) is 10.5. The first kappa shape index (κ1) is 21.5. The maximum absolute atomic E-state index is 12.2. The number of carbonyl (C=O) groups excluding carboxylic acids is 2. The van der Waals surface area contributed by atoms with E-state index in [0.29, 0.717) is 46.6 Å². The Kier molecular flexibility index (Phi) is 7.79. The fourth-order valence-corrected chi connectivity index (χ4v) is 3.60. The van der Waals surface area contributed by atoms with Crippen molar-refractivity contribution in [3.8, 4) is 5.75 Å². The lowest BCUT2D eigenvalue weighted by atomic mass is 10.2. The predicted molar refractivity (Wildman–Crippen MR) is 116 cm³/mol. The highest BCUT2D eigenvalue weighted by Crippen LogP contribution is 2.25. The van der Waals surface area contributed by atoms with Crippen LogP contribution in [0.15, 0.2) is 56.5 Å². The van der Waals surface area contributed by atoms with E-state index in [9.17, 15) is 9.59 Å². The summed E-state index contributed by atoms with van der Waals surface area (Å²) in [6, 6.07) is 12.4. The van der Waals surface area contributed by atoms with Gasteiger partial charge in [-0.05, 0) is 67.8 Å². The molecule has 1 saturated heterocycles. The Balaban J connectivity index is 1.53. The van der Waals surface area contributed by atoms with Gasteiger partial charge in [0.25, 0.3) is 11.8 Å². The van der Waals surface area contributed by atoms with E-state index >= 15 is 0 Å². The molecule has 2 amide bonds. The number of benzene rings is 2. The highest BCUT2D eigenvalue weighted by Gasteiger charge is 2.17. The van der Waals surface area contributed by atoms with Crippen LogP contribution in [0.3, 0.4) is 0 Å². The van der Waals surface area contributed by atoms with E-state index in [4.69, 9.17) is 9.47 Å². The quantitative estimate of drug-likeness (QED) is 0.465. The lowest BCUT2D eigenvalue weighted by molar-refractivity contribution is -0.137. The molecule has 2 aromatic rings. The molecule has 7 nitrogen and oxygen atoms in total. The molecule has 1 aliphatic rings. The van der Waals surface area contributed by atoms with Gasteiger partial charge in [0.15, 0.2) is 6.61 Å². The summed E-state index contributed by atoms with van der Waals surface area (Å²) in [7, 11) is 0. The molecule has 9 heteroatoms. The Bertz CT molecular complexity index is 914. The number of amides is 2. The van der Waals surface area contributed by atoms with Crippen LogP contribution >= 0.6 is 31.9 Å². The summed E-state index contributed by atoms with van der Waals surface area (Å²) in [6.45, 7) is 2.25. The molecule has 0 bridgehead atoms. The van der Waals surface area contributed by atoms with Gasteiger partial charge in [0, 0.05) is 17.6 Å². The summed E-state index contributed by atoms with van der Waals surface area (Å²) < 4.78 is 12.2. The summed E-state index contributed by atoms with van der Waals surface area (Å²) in [5, 5.41) is 3.99. The summed E-state index contributed by atoms with van der Waals surface area (Å²) in [5.74, 6) is 0.177. The van der Waals surface area contributed by atoms with E-state index in [1.165, 1.54) is 6.21 Å². The van der Waals surface area contributed by atoms with Crippen LogP contribution in [0, 0.1) is 0 Å². The number of rotatable bonds is 6. The zero-order chi connectivity index (χ0) is 20.6. The molecule has 0 saturated carbocycles. The first-order valence-electron chi connectivity index (χ1n) is 8.90. The lowest BCUT2D eigenvalue weighted by Crippen LogP contribution is -2.43. The largest absolute Gasteiger partial charge is 0.483 e. The predicted octanol–water partition coefficient (Wildman–Crippen LogP) is 3.21. The van der Waals surface area contributed by atoms with Crippen molar-refractivity contribution in [2.75, 3.05) is 32.9 Å². The molecule has 1 fully saturated rings. The van der Waals surface area contributed by atoms with Crippen molar-refractivity contribution in [1.29, 1.82) is 0 Å². The SMILES string of the molecule is O=C(N/N=C\c1ccc(OCC(=O)N2CCOCC2)c(Br)c1)c1ccccc1Br. The second-order valence-corrected chi connectivity index (χ2v) is 7.86. The number of nitrogens with zero attached hydrogens (tertiary/aromatic N) is 2. The molecule has 2 aromatic carbocycles. The first-order chi connectivity index (χ1) is 14.0. The third-order valence-electron chi connectivity index (χ3n) is 4.17. The van der Waals surface area contributed by atoms with Crippen molar-refractivity contribution in [3.05, 3.63) is 62.5 Å². The van der Waals surface area contributed by atoms with E-state index in [1.807, 2.05) is 6.07 Å². The zero-order valence-corrected chi connectivity index (χ0v) is 18.6. The van der Waals surface area contributed by atoms with E-state index in [0.717, 1.165) is 5.56 Å². The summed E-state index contributed by atoms with van der Waals surface area (Å²) in [5.41, 5.74) is 3.75. The van der Waals surface area contributed by atoms with Crippen molar-refractivity contribution >= 4 is 49.9 Å². The first-order valence-corrected chi connectivity index (χ1v) is 10.5. The average Bonchev–Trinajstić information content (AvgIpc) is 2.74. The van der Waals surface area contributed by atoms with Crippen LogP contribution < -0.4 is 10.2 Å². The molecule has 0 aromatic heterocycles. The van der Waals surface area contributed by atoms with E-state index in [1.54, 1.807) is 41.3 Å². The van der Waals surface area contributed by atoms with Gasteiger partial charge in [0.2, 0.25) is 0 Å². The highest BCUT2D eigenvalue weighted by atomic mass is 79.9. The van der Waals surface area contributed by atoms with Crippen molar-refractivity contribution in [2.45, 2.75) is 0 Å². The third-order valence-corrected chi connectivity index (χ3v) is 5.48. The third kappa shape index (κ3) is 6.12. The lowest BCUT2D eigenvalue weighted by Gasteiger charge is -2.26. The number of halogens is 2. The van der Waals surface area contributed by atoms with Gasteiger partial charge in [0.1, 0.15) is 5.75 Å². The van der Waals surface area contributed by atoms with Gasteiger partial charge in [-0.1, -0.05) is 12.1 Å². The fourth-order valence-electron chi connectivity index (χ4n) is 2.63. The Morgan fingerprint density at radius 2 is 1.90 bits per heavy atom. The molecule has 1 N–H and O–H groups in total. The van der Waals surface area contributed by atoms with Gasteiger partial charge in [0.05, 0.1) is 29.5 Å². The average molecular weight is 525 g/mol. The van der Waals surface area contributed by atoms with E-state index in [-0.39, 0.29) is 18.4 Å². The van der Waals surface area contributed by atoms with Crippen LogP contribution in [-0.4, -0.2) is 55.8 Å². The number of morpholine rings is 1. The maximum Gasteiger partial charge on any atom is 0.272 e. The number of nitrogens with one attached hydrogen (secondary N) is 1. The highest BCUT2D eigenvalue weighted by molar-refractivity contribution is 9.10. The monoisotopic (exact) mass is 523 g/mol. The zero-order valence-electron chi connectivity index (χ0n) is 15.4. The molecule has 0 aliphatic carbocycles. The number of hydrazone groups is 1. The van der Waals surface area contributed by atoms with Crippen LogP contribution in [0.2, 0.25) is 0 Å². The molecule has 29 heavy (non-hydrogen) atoms. The van der Waals surface area contributed by atoms with Gasteiger partial charge in [-0.3, -0.25) is 9.59 Å². The molecule has 0 unspecified atom stereocenters. The van der Waals surface area contributed by atoms with Crippen molar-refractivity contribution in [3.63, 3.8) is 0 Å². The Morgan fingerprint density at radius 3 is 2.62 bits per heavy atom. The van der Waals surface area contributed by atoms with Crippen LogP contribution in [0.1, 0.15) is 15.9 Å². The topological polar surface area (TPSA) is 80.2 Å². The Labute approximate surface area is 185 Å². The molecule has 1 aliphatic heterocycles. The molecular formula is C20H19Br2N3O4. The molecular weight excluding hydrogens is 506 g/mol. The molecule has 0 radical (unpaired) electrons. The van der Waals surface area contributed by atoms with Crippen LogP contribution in [-0.2, 0) is 9.53 Å². The van der Waals surface area contributed by atoms with Gasteiger partial charge in [-0.25, -0.2) is 5.43 Å². The number of ether oxygens (including phenoxy) is 2. The minimum Gasteiger partial charge on any atom is -0.483 e. The van der Waals surface area contributed by atoms with Crippen molar-refractivity contribution in [2.24, 2.45) is 5.10 Å². The Hall–Kier alpha value is -2.23. The van der Waals surface area contributed by atoms with Crippen LogP contribution in [0.4, 0.5) is 0 Å². The van der Waals surface area contributed by atoms with E-state index in [2.05, 4.69) is 42.4 Å². The van der Waals surface area contributed by atoms with Crippen molar-refractivity contribution < 1.29 is 19.1 Å². The van der Waals surface area contributed by atoms with Gasteiger partial charge < -0.3 is 14.4 Å². The molecule has 0 spiro atoms. The van der Waals surface area contributed by atoms with Gasteiger partial charge >= 0.3 is 0 Å². The van der Waals surface area contributed by atoms with Gasteiger partial charge in [-0.15, -0.1) is 0 Å². The van der Waals surface area contributed by atoms with Gasteiger partial charge in [-0.2, -0.15) is 5.10 Å². The minimum atomic E-state index is -0.311. The molecule has 152 valence electrons. The molecule has 1 heterocycles. The number of hydrogen-bond donors (Lipinski definition) is 1. The smallest absolute Gasteiger partial charge is 0.272 e.